The van der Waals surface area contributed by atoms with Crippen LogP contribution in [0.15, 0.2) is 122 Å². The summed E-state index contributed by atoms with van der Waals surface area (Å²) in [5, 5.41) is 9.64. The van der Waals surface area contributed by atoms with Crippen molar-refractivity contribution in [2.75, 3.05) is 41.0 Å². The largest absolute Gasteiger partial charge is 0.477 e. The van der Waals surface area contributed by atoms with E-state index >= 15 is 0 Å². The average Bonchev–Trinajstić information content (AvgIpc) is 3.24. The van der Waals surface area contributed by atoms with E-state index in [2.05, 4.69) is 135 Å². The van der Waals surface area contributed by atoms with Crippen molar-refractivity contribution in [2.45, 2.75) is 167 Å². The van der Waals surface area contributed by atoms with Crippen molar-refractivity contribution in [3.05, 3.63) is 122 Å². The second-order valence-electron chi connectivity index (χ2n) is 16.6. The molecule has 2 unspecified atom stereocenters. The third kappa shape index (κ3) is 42.8. The van der Waals surface area contributed by atoms with Crippen LogP contribution in [0.4, 0.5) is 0 Å². The second-order valence-corrected chi connectivity index (χ2v) is 16.6. The van der Waals surface area contributed by atoms with Crippen LogP contribution < -0.4 is 0 Å². The van der Waals surface area contributed by atoms with Gasteiger partial charge in [-0.3, -0.25) is 9.59 Å². The number of rotatable bonds is 41. The summed E-state index contributed by atoms with van der Waals surface area (Å²) in [4.78, 5) is 37.1. The summed E-state index contributed by atoms with van der Waals surface area (Å²) >= 11 is 0. The number of ether oxygens (including phenoxy) is 3. The topological polar surface area (TPSA) is 99.1 Å². The van der Waals surface area contributed by atoms with Gasteiger partial charge >= 0.3 is 17.9 Å². The number of quaternary nitrogens is 1. The van der Waals surface area contributed by atoms with Crippen LogP contribution in [0, 0.1) is 0 Å². The van der Waals surface area contributed by atoms with Gasteiger partial charge in [0, 0.05) is 19.3 Å². The Hall–Kier alpha value is -4.27. The van der Waals surface area contributed by atoms with E-state index in [9.17, 15) is 19.5 Å². The van der Waals surface area contributed by atoms with Crippen LogP contribution in [0.5, 0.6) is 0 Å². The zero-order valence-electron chi connectivity index (χ0n) is 40.2. The van der Waals surface area contributed by atoms with E-state index in [4.69, 9.17) is 14.2 Å². The van der Waals surface area contributed by atoms with Crippen molar-refractivity contribution < 1.29 is 38.2 Å². The van der Waals surface area contributed by atoms with E-state index < -0.39 is 18.1 Å². The molecule has 8 heteroatoms. The van der Waals surface area contributed by atoms with Gasteiger partial charge in [0.2, 0.25) is 0 Å². The molecule has 0 amide bonds. The summed E-state index contributed by atoms with van der Waals surface area (Å²) in [6.45, 7) is 4.41. The summed E-state index contributed by atoms with van der Waals surface area (Å²) in [5.74, 6) is -1.58. The molecular weight excluding hydrogens is 787 g/mol. The van der Waals surface area contributed by atoms with Gasteiger partial charge in [0.1, 0.15) is 6.61 Å². The Morgan fingerprint density at radius 2 is 0.857 bits per heavy atom. The zero-order chi connectivity index (χ0) is 46.3. The second kappa shape index (κ2) is 44.3. The third-order valence-corrected chi connectivity index (χ3v) is 9.86. The van der Waals surface area contributed by atoms with Crippen molar-refractivity contribution in [2.24, 2.45) is 0 Å². The molecule has 0 aromatic heterocycles. The molecule has 0 aromatic carbocycles. The van der Waals surface area contributed by atoms with E-state index in [0.717, 1.165) is 103 Å². The molecule has 0 aliphatic heterocycles. The standard InChI is InChI=1S/C55H87NO7/c1-6-8-10-12-14-16-18-20-22-24-25-26-27-28-30-32-34-36-38-40-42-44-46-54(58)63-51(49-61-48-47-52(55(59)60)56(3,4)5)50-62-53(57)45-43-41-39-37-35-33-31-29-23-21-19-17-15-13-11-9-7-2/h8-11,14-17,20-23,25-26,28,30-31,33,37,39,51-52H,6-7,12-13,18-19,24,27,29,32,34-36,38,40-50H2,1-5H3/p+1/b10-8+,11-9+,16-14+,17-15+,22-20+,23-21+,26-25+,30-28+,33-31+,39-37+. The number of carboxylic acids is 1. The zero-order valence-corrected chi connectivity index (χ0v) is 40.2. The Kier molecular flexibility index (Phi) is 41.3. The number of unbranched alkanes of at least 4 members (excludes halogenated alkanes) is 7. The summed E-state index contributed by atoms with van der Waals surface area (Å²) < 4.78 is 17.2. The lowest BCUT2D eigenvalue weighted by atomic mass is 10.1. The van der Waals surface area contributed by atoms with E-state index in [1.165, 1.54) is 12.8 Å². The molecule has 63 heavy (non-hydrogen) atoms. The van der Waals surface area contributed by atoms with Gasteiger partial charge in [-0.2, -0.15) is 0 Å². The molecule has 0 spiro atoms. The molecule has 0 heterocycles. The van der Waals surface area contributed by atoms with Crippen LogP contribution in [0.25, 0.3) is 0 Å². The molecule has 0 radical (unpaired) electrons. The van der Waals surface area contributed by atoms with Crippen LogP contribution in [-0.2, 0) is 28.6 Å². The summed E-state index contributed by atoms with van der Waals surface area (Å²) in [5.41, 5.74) is 0. The Labute approximate surface area is 384 Å². The summed E-state index contributed by atoms with van der Waals surface area (Å²) in [7, 11) is 5.49. The minimum atomic E-state index is -0.891. The normalized spacial score (nSPS) is 14.0. The number of nitrogens with zero attached hydrogens (tertiary/aromatic N) is 1. The van der Waals surface area contributed by atoms with E-state index in [-0.39, 0.29) is 42.7 Å². The number of esters is 2. The van der Waals surface area contributed by atoms with Gasteiger partial charge in [0.05, 0.1) is 34.4 Å². The number of hydrogen-bond donors (Lipinski definition) is 1. The minimum absolute atomic E-state index is 0.0282. The monoisotopic (exact) mass is 875 g/mol. The fourth-order valence-corrected chi connectivity index (χ4v) is 6.21. The molecule has 0 aliphatic carbocycles. The van der Waals surface area contributed by atoms with Gasteiger partial charge in [-0.1, -0.05) is 161 Å². The van der Waals surface area contributed by atoms with Crippen molar-refractivity contribution in [3.63, 3.8) is 0 Å². The predicted molar refractivity (Wildman–Crippen MR) is 265 cm³/mol. The number of aliphatic carboxylic acids is 1. The Morgan fingerprint density at radius 1 is 0.476 bits per heavy atom. The number of carbonyl (C=O) groups excluding carboxylic acids is 2. The van der Waals surface area contributed by atoms with Gasteiger partial charge in [-0.25, -0.2) is 4.79 Å². The van der Waals surface area contributed by atoms with Gasteiger partial charge < -0.3 is 23.8 Å². The van der Waals surface area contributed by atoms with Crippen LogP contribution in [-0.4, -0.2) is 80.6 Å². The van der Waals surface area contributed by atoms with Crippen molar-refractivity contribution in [1.29, 1.82) is 0 Å². The summed E-state index contributed by atoms with van der Waals surface area (Å²) in [6, 6.07) is -0.634. The average molecular weight is 875 g/mol. The maximum Gasteiger partial charge on any atom is 0.362 e. The lowest BCUT2D eigenvalue weighted by molar-refractivity contribution is -0.887. The molecule has 8 nitrogen and oxygen atoms in total. The molecule has 2 atom stereocenters. The number of carbonyl (C=O) groups is 3. The number of allylic oxidation sites excluding steroid dienone is 20. The highest BCUT2D eigenvalue weighted by atomic mass is 16.6. The minimum Gasteiger partial charge on any atom is -0.477 e. The molecule has 0 aromatic rings. The predicted octanol–water partition coefficient (Wildman–Crippen LogP) is 13.8. The maximum atomic E-state index is 12.8. The third-order valence-electron chi connectivity index (χ3n) is 9.86. The smallest absolute Gasteiger partial charge is 0.362 e. The fourth-order valence-electron chi connectivity index (χ4n) is 6.21. The van der Waals surface area contributed by atoms with Gasteiger partial charge in [0.15, 0.2) is 12.1 Å². The molecule has 0 aliphatic rings. The molecular formula is C55H88NO7+. The molecule has 0 bridgehead atoms. The highest BCUT2D eigenvalue weighted by Gasteiger charge is 2.31. The number of likely N-dealkylation sites (N-methyl/N-ethyl adjacent to an activating group) is 1. The van der Waals surface area contributed by atoms with E-state index in [1.54, 1.807) is 0 Å². The van der Waals surface area contributed by atoms with Crippen LogP contribution in [0.2, 0.25) is 0 Å². The molecule has 0 fully saturated rings. The molecule has 1 N–H and O–H groups in total. The first-order valence-corrected chi connectivity index (χ1v) is 24.1. The van der Waals surface area contributed by atoms with E-state index in [1.807, 2.05) is 21.1 Å². The number of carboxylic acid groups (broad SMARTS) is 1. The highest BCUT2D eigenvalue weighted by Crippen LogP contribution is 2.12. The van der Waals surface area contributed by atoms with Crippen LogP contribution in [0.1, 0.15) is 155 Å². The SMILES string of the molecule is CC/C=C/C/C=C/C/C=C/C/C=C/C/C=C/CCCCCCCCC(=O)OC(COCCC(C(=O)O)[N+](C)(C)C)COC(=O)CCC/C=C/C/C=C/C/C=C/C/C=C/C/C=C/CC. The first-order chi connectivity index (χ1) is 30.6. The first-order valence-electron chi connectivity index (χ1n) is 24.1. The van der Waals surface area contributed by atoms with Crippen molar-refractivity contribution in [1.82, 2.24) is 0 Å². The van der Waals surface area contributed by atoms with Gasteiger partial charge in [0.25, 0.3) is 0 Å². The van der Waals surface area contributed by atoms with Crippen LogP contribution >= 0.6 is 0 Å². The van der Waals surface area contributed by atoms with Crippen molar-refractivity contribution >= 4 is 17.9 Å². The fraction of sp³-hybridized carbons (Fsp3) is 0.582. The Balaban J connectivity index is 4.43. The molecule has 0 rings (SSSR count). The van der Waals surface area contributed by atoms with Crippen molar-refractivity contribution in [3.8, 4) is 0 Å². The Bertz CT molecular complexity index is 1440. The maximum absolute atomic E-state index is 12.8. The summed E-state index contributed by atoms with van der Waals surface area (Å²) in [6.07, 6.45) is 62.5. The Morgan fingerprint density at radius 3 is 1.29 bits per heavy atom. The van der Waals surface area contributed by atoms with Gasteiger partial charge in [-0.15, -0.1) is 0 Å². The highest BCUT2D eigenvalue weighted by molar-refractivity contribution is 5.72. The van der Waals surface area contributed by atoms with Crippen LogP contribution in [0.3, 0.4) is 0 Å². The molecule has 354 valence electrons. The number of hydrogen-bond acceptors (Lipinski definition) is 6. The van der Waals surface area contributed by atoms with E-state index in [0.29, 0.717) is 19.3 Å². The molecule has 0 saturated heterocycles. The quantitative estimate of drug-likeness (QED) is 0.0283. The lowest BCUT2D eigenvalue weighted by Crippen LogP contribution is -2.50. The first kappa shape index (κ1) is 58.7. The van der Waals surface area contributed by atoms with Gasteiger partial charge in [-0.05, 0) is 96.3 Å². The lowest BCUT2D eigenvalue weighted by Gasteiger charge is -2.31. The molecule has 0 saturated carbocycles.